The lowest BCUT2D eigenvalue weighted by Crippen LogP contribution is -1.95. The second-order valence-corrected chi connectivity index (χ2v) is 5.19. The van der Waals surface area contributed by atoms with Gasteiger partial charge in [-0.2, -0.15) is 0 Å². The lowest BCUT2D eigenvalue weighted by Gasteiger charge is -2.15. The van der Waals surface area contributed by atoms with Crippen LogP contribution in [0, 0.1) is 13.8 Å². The standard InChI is InChI=1S/C18H22O/c1-4-5-6-15-8-7-13(2)18(14(15)3)16-9-11-17(19)12-10-16/h7-12,19H,4-6H2,1-3H3. The first-order chi connectivity index (χ1) is 9.13. The molecule has 1 nitrogen and oxygen atoms in total. The molecular formula is C18H22O. The van der Waals surface area contributed by atoms with Crippen LogP contribution >= 0.6 is 0 Å². The first kappa shape index (κ1) is 13.7. The third-order valence-corrected chi connectivity index (χ3v) is 3.74. The molecule has 0 aromatic heterocycles. The van der Waals surface area contributed by atoms with E-state index in [-0.39, 0.29) is 0 Å². The van der Waals surface area contributed by atoms with Crippen LogP contribution in [0.15, 0.2) is 36.4 Å². The second-order valence-electron chi connectivity index (χ2n) is 5.19. The maximum absolute atomic E-state index is 9.41. The molecule has 0 unspecified atom stereocenters. The van der Waals surface area contributed by atoms with Gasteiger partial charge in [0.2, 0.25) is 0 Å². The van der Waals surface area contributed by atoms with Crippen molar-refractivity contribution in [3.63, 3.8) is 0 Å². The van der Waals surface area contributed by atoms with Crippen LogP contribution in [0.1, 0.15) is 36.5 Å². The van der Waals surface area contributed by atoms with Gasteiger partial charge in [-0.25, -0.2) is 0 Å². The van der Waals surface area contributed by atoms with Gasteiger partial charge in [0.1, 0.15) is 5.75 Å². The van der Waals surface area contributed by atoms with Crippen molar-refractivity contribution in [2.75, 3.05) is 0 Å². The van der Waals surface area contributed by atoms with Gasteiger partial charge in [0.05, 0.1) is 0 Å². The molecule has 0 bridgehead atoms. The number of hydrogen-bond donors (Lipinski definition) is 1. The maximum atomic E-state index is 9.41. The van der Waals surface area contributed by atoms with Crippen molar-refractivity contribution in [1.29, 1.82) is 0 Å². The number of aryl methyl sites for hydroxylation is 2. The van der Waals surface area contributed by atoms with E-state index in [1.54, 1.807) is 12.1 Å². The molecule has 0 radical (unpaired) electrons. The highest BCUT2D eigenvalue weighted by Crippen LogP contribution is 2.31. The van der Waals surface area contributed by atoms with Gasteiger partial charge in [0.15, 0.2) is 0 Å². The Hall–Kier alpha value is -1.76. The molecule has 0 aliphatic rings. The topological polar surface area (TPSA) is 20.2 Å². The highest BCUT2D eigenvalue weighted by atomic mass is 16.3. The smallest absolute Gasteiger partial charge is 0.115 e. The molecular weight excluding hydrogens is 232 g/mol. The molecule has 0 saturated carbocycles. The molecule has 100 valence electrons. The number of aromatic hydroxyl groups is 1. The van der Waals surface area contributed by atoms with Crippen molar-refractivity contribution in [2.24, 2.45) is 0 Å². The minimum Gasteiger partial charge on any atom is -0.508 e. The molecule has 1 heteroatoms. The van der Waals surface area contributed by atoms with Crippen molar-refractivity contribution in [3.05, 3.63) is 53.1 Å². The molecule has 2 aromatic rings. The molecule has 2 rings (SSSR count). The van der Waals surface area contributed by atoms with Gasteiger partial charge in [-0.15, -0.1) is 0 Å². The Morgan fingerprint density at radius 3 is 2.26 bits per heavy atom. The van der Waals surface area contributed by atoms with Gasteiger partial charge in [-0.3, -0.25) is 0 Å². The van der Waals surface area contributed by atoms with Gasteiger partial charge < -0.3 is 5.11 Å². The van der Waals surface area contributed by atoms with Crippen LogP contribution in [0.5, 0.6) is 5.75 Å². The normalized spacial score (nSPS) is 10.7. The molecule has 0 amide bonds. The maximum Gasteiger partial charge on any atom is 0.115 e. The fourth-order valence-electron chi connectivity index (χ4n) is 2.60. The van der Waals surface area contributed by atoms with Crippen molar-refractivity contribution in [2.45, 2.75) is 40.0 Å². The van der Waals surface area contributed by atoms with Crippen LogP contribution in [0.25, 0.3) is 11.1 Å². The molecule has 0 atom stereocenters. The van der Waals surface area contributed by atoms with E-state index in [9.17, 15) is 5.11 Å². The van der Waals surface area contributed by atoms with E-state index in [1.807, 2.05) is 12.1 Å². The van der Waals surface area contributed by atoms with Crippen LogP contribution < -0.4 is 0 Å². The summed E-state index contributed by atoms with van der Waals surface area (Å²) >= 11 is 0. The molecule has 19 heavy (non-hydrogen) atoms. The first-order valence-electron chi connectivity index (χ1n) is 7.02. The predicted molar refractivity (Wildman–Crippen MR) is 81.6 cm³/mol. The zero-order chi connectivity index (χ0) is 13.8. The predicted octanol–water partition coefficient (Wildman–Crippen LogP) is 5.02. The van der Waals surface area contributed by atoms with Crippen molar-refractivity contribution in [1.82, 2.24) is 0 Å². The SMILES string of the molecule is CCCCc1ccc(C)c(-c2ccc(O)cc2)c1C. The van der Waals surface area contributed by atoms with Crippen LogP contribution in [-0.4, -0.2) is 5.11 Å². The summed E-state index contributed by atoms with van der Waals surface area (Å²) in [4.78, 5) is 0. The third-order valence-electron chi connectivity index (χ3n) is 3.74. The quantitative estimate of drug-likeness (QED) is 0.812. The average molecular weight is 254 g/mol. The van der Waals surface area contributed by atoms with Crippen molar-refractivity contribution < 1.29 is 5.11 Å². The summed E-state index contributed by atoms with van der Waals surface area (Å²) in [6, 6.07) is 12.0. The second kappa shape index (κ2) is 5.92. The lowest BCUT2D eigenvalue weighted by atomic mass is 9.90. The Bertz CT molecular complexity index is 553. The monoisotopic (exact) mass is 254 g/mol. The van der Waals surface area contributed by atoms with E-state index in [4.69, 9.17) is 0 Å². The fourth-order valence-corrected chi connectivity index (χ4v) is 2.60. The van der Waals surface area contributed by atoms with Gasteiger partial charge in [0.25, 0.3) is 0 Å². The Balaban J connectivity index is 2.46. The molecule has 2 aromatic carbocycles. The largest absolute Gasteiger partial charge is 0.508 e. The summed E-state index contributed by atoms with van der Waals surface area (Å²) in [7, 11) is 0. The van der Waals surface area contributed by atoms with Crippen molar-refractivity contribution in [3.8, 4) is 16.9 Å². The molecule has 0 fully saturated rings. The Morgan fingerprint density at radius 2 is 1.63 bits per heavy atom. The Labute approximate surface area is 115 Å². The highest BCUT2D eigenvalue weighted by molar-refractivity contribution is 5.72. The van der Waals surface area contributed by atoms with Crippen LogP contribution in [0.2, 0.25) is 0 Å². The fraction of sp³-hybridized carbons (Fsp3) is 0.333. The minimum absolute atomic E-state index is 0.321. The summed E-state index contributed by atoms with van der Waals surface area (Å²) in [6.07, 6.45) is 3.61. The molecule has 0 spiro atoms. The van der Waals surface area contributed by atoms with Crippen LogP contribution in [0.3, 0.4) is 0 Å². The summed E-state index contributed by atoms with van der Waals surface area (Å²) < 4.78 is 0. The number of phenols is 1. The average Bonchev–Trinajstić information content (AvgIpc) is 2.40. The summed E-state index contributed by atoms with van der Waals surface area (Å²) in [5, 5.41) is 9.41. The molecule has 0 aliphatic heterocycles. The van der Waals surface area contributed by atoms with E-state index < -0.39 is 0 Å². The molecule has 0 heterocycles. The third kappa shape index (κ3) is 2.98. The minimum atomic E-state index is 0.321. The van der Waals surface area contributed by atoms with Gasteiger partial charge in [-0.1, -0.05) is 37.6 Å². The highest BCUT2D eigenvalue weighted by Gasteiger charge is 2.09. The van der Waals surface area contributed by atoms with E-state index >= 15 is 0 Å². The van der Waals surface area contributed by atoms with Gasteiger partial charge >= 0.3 is 0 Å². The lowest BCUT2D eigenvalue weighted by molar-refractivity contribution is 0.475. The Morgan fingerprint density at radius 1 is 0.947 bits per heavy atom. The number of phenolic OH excluding ortho intramolecular Hbond substituents is 1. The van der Waals surface area contributed by atoms with Crippen LogP contribution in [0.4, 0.5) is 0 Å². The number of rotatable bonds is 4. The van der Waals surface area contributed by atoms with Gasteiger partial charge in [0, 0.05) is 0 Å². The molecule has 0 saturated heterocycles. The van der Waals surface area contributed by atoms with Gasteiger partial charge in [-0.05, 0) is 66.6 Å². The first-order valence-corrected chi connectivity index (χ1v) is 7.02. The number of hydrogen-bond acceptors (Lipinski definition) is 1. The van der Waals surface area contributed by atoms with E-state index in [0.29, 0.717) is 5.75 Å². The molecule has 0 aliphatic carbocycles. The van der Waals surface area contributed by atoms with E-state index in [1.165, 1.54) is 40.7 Å². The zero-order valence-electron chi connectivity index (χ0n) is 12.0. The number of unbranched alkanes of at least 4 members (excludes halogenated alkanes) is 1. The Kier molecular flexibility index (Phi) is 4.26. The molecule has 1 N–H and O–H groups in total. The summed E-state index contributed by atoms with van der Waals surface area (Å²) in [5.41, 5.74) is 6.61. The zero-order valence-corrected chi connectivity index (χ0v) is 12.0. The van der Waals surface area contributed by atoms with Crippen molar-refractivity contribution >= 4 is 0 Å². The summed E-state index contributed by atoms with van der Waals surface area (Å²) in [6.45, 7) is 6.59. The van der Waals surface area contributed by atoms with E-state index in [0.717, 1.165) is 6.42 Å². The number of benzene rings is 2. The summed E-state index contributed by atoms with van der Waals surface area (Å²) in [5.74, 6) is 0.321. The van der Waals surface area contributed by atoms with E-state index in [2.05, 4.69) is 32.9 Å². The van der Waals surface area contributed by atoms with Crippen LogP contribution in [-0.2, 0) is 6.42 Å².